The topological polar surface area (TPSA) is 34.2 Å². The van der Waals surface area contributed by atoms with Crippen molar-refractivity contribution in [1.29, 1.82) is 0 Å². The van der Waals surface area contributed by atoms with Gasteiger partial charge in [-0.2, -0.15) is 0 Å². The Balaban J connectivity index is 1.45. The molecule has 4 heteroatoms. The Morgan fingerprint density at radius 2 is 2.21 bits per heavy atom. The van der Waals surface area contributed by atoms with Gasteiger partial charge in [-0.1, -0.05) is 18.2 Å². The van der Waals surface area contributed by atoms with E-state index in [-0.39, 0.29) is 6.10 Å². The van der Waals surface area contributed by atoms with Gasteiger partial charge < -0.3 is 10.1 Å². The second-order valence-electron chi connectivity index (χ2n) is 5.25. The summed E-state index contributed by atoms with van der Waals surface area (Å²) < 4.78 is 5.97. The van der Waals surface area contributed by atoms with Crippen molar-refractivity contribution >= 4 is 11.3 Å². The molecule has 1 aromatic carbocycles. The minimum Gasteiger partial charge on any atom is -0.483 e. The molecule has 1 aliphatic carbocycles. The molecule has 1 aliphatic heterocycles. The molecule has 1 unspecified atom stereocenters. The van der Waals surface area contributed by atoms with Crippen LogP contribution in [-0.4, -0.2) is 11.0 Å². The van der Waals surface area contributed by atoms with Gasteiger partial charge in [0.2, 0.25) is 0 Å². The lowest BCUT2D eigenvalue weighted by Gasteiger charge is -2.06. The van der Waals surface area contributed by atoms with E-state index in [9.17, 15) is 0 Å². The van der Waals surface area contributed by atoms with Gasteiger partial charge in [-0.15, -0.1) is 11.3 Å². The van der Waals surface area contributed by atoms with Crippen LogP contribution in [0.3, 0.4) is 0 Å². The number of hydrogen-bond acceptors (Lipinski definition) is 4. The molecule has 1 saturated carbocycles. The highest BCUT2D eigenvalue weighted by molar-refractivity contribution is 7.09. The third-order valence-electron chi connectivity index (χ3n) is 3.64. The predicted octanol–water partition coefficient (Wildman–Crippen LogP) is 3.07. The Morgan fingerprint density at radius 3 is 3.05 bits per heavy atom. The zero-order valence-corrected chi connectivity index (χ0v) is 11.5. The zero-order valence-electron chi connectivity index (χ0n) is 10.6. The van der Waals surface area contributed by atoms with E-state index in [0.29, 0.717) is 0 Å². The molecule has 2 aliphatic rings. The zero-order chi connectivity index (χ0) is 12.7. The van der Waals surface area contributed by atoms with E-state index in [1.54, 1.807) is 11.3 Å². The van der Waals surface area contributed by atoms with Crippen LogP contribution in [0.4, 0.5) is 0 Å². The minimum atomic E-state index is 0.108. The largest absolute Gasteiger partial charge is 0.483 e. The fourth-order valence-electron chi connectivity index (χ4n) is 2.41. The average Bonchev–Trinajstić information content (AvgIpc) is 2.99. The highest BCUT2D eigenvalue weighted by atomic mass is 32.1. The van der Waals surface area contributed by atoms with Crippen molar-refractivity contribution in [3.8, 4) is 5.75 Å². The van der Waals surface area contributed by atoms with Gasteiger partial charge in [0.25, 0.3) is 0 Å². The number of nitrogens with zero attached hydrogens (tertiary/aromatic N) is 1. The summed E-state index contributed by atoms with van der Waals surface area (Å²) in [5.41, 5.74) is 2.44. The van der Waals surface area contributed by atoms with Crippen LogP contribution < -0.4 is 10.1 Å². The normalized spacial score (nSPS) is 21.2. The van der Waals surface area contributed by atoms with Crippen LogP contribution in [0.5, 0.6) is 5.75 Å². The molecule has 2 heterocycles. The molecule has 98 valence electrons. The standard InChI is InChI=1S/C15H16N2OS/c1-2-4-13-10(3-1)7-14(18-13)15-17-12(9-19-15)8-16-11-5-6-11/h1-4,9,11,14,16H,5-8H2. The third-order valence-corrected chi connectivity index (χ3v) is 4.63. The van der Waals surface area contributed by atoms with E-state index >= 15 is 0 Å². The van der Waals surface area contributed by atoms with Crippen LogP contribution in [0.25, 0.3) is 0 Å². The van der Waals surface area contributed by atoms with Crippen LogP contribution in [0.15, 0.2) is 29.6 Å². The molecule has 1 fully saturated rings. The Morgan fingerprint density at radius 1 is 1.32 bits per heavy atom. The van der Waals surface area contributed by atoms with E-state index in [4.69, 9.17) is 9.72 Å². The van der Waals surface area contributed by atoms with E-state index in [2.05, 4.69) is 22.8 Å². The van der Waals surface area contributed by atoms with Crippen molar-refractivity contribution in [2.45, 2.75) is 38.0 Å². The second-order valence-corrected chi connectivity index (χ2v) is 6.14. The monoisotopic (exact) mass is 272 g/mol. The maximum Gasteiger partial charge on any atom is 0.154 e. The molecule has 2 aromatic rings. The summed E-state index contributed by atoms with van der Waals surface area (Å²) in [6.07, 6.45) is 3.69. The van der Waals surface area contributed by atoms with Gasteiger partial charge in [0.15, 0.2) is 6.10 Å². The summed E-state index contributed by atoms with van der Waals surface area (Å²) >= 11 is 1.71. The van der Waals surface area contributed by atoms with Crippen molar-refractivity contribution in [2.24, 2.45) is 0 Å². The number of para-hydroxylation sites is 1. The maximum atomic E-state index is 5.97. The Labute approximate surface area is 116 Å². The molecule has 1 atom stereocenters. The van der Waals surface area contributed by atoms with Crippen molar-refractivity contribution in [1.82, 2.24) is 10.3 Å². The van der Waals surface area contributed by atoms with Crippen LogP contribution in [-0.2, 0) is 13.0 Å². The summed E-state index contributed by atoms with van der Waals surface area (Å²) in [6.45, 7) is 0.890. The van der Waals surface area contributed by atoms with Gasteiger partial charge >= 0.3 is 0 Å². The molecule has 1 N–H and O–H groups in total. The molecule has 0 spiro atoms. The lowest BCUT2D eigenvalue weighted by Crippen LogP contribution is -2.15. The van der Waals surface area contributed by atoms with Crippen molar-refractivity contribution in [3.63, 3.8) is 0 Å². The Kier molecular flexibility index (Phi) is 2.78. The highest BCUT2D eigenvalue weighted by Crippen LogP contribution is 2.37. The van der Waals surface area contributed by atoms with Gasteiger partial charge in [-0.3, -0.25) is 0 Å². The summed E-state index contributed by atoms with van der Waals surface area (Å²) in [5, 5.41) is 6.75. The first-order chi connectivity index (χ1) is 9.38. The fourth-order valence-corrected chi connectivity index (χ4v) is 3.25. The molecule has 0 bridgehead atoms. The van der Waals surface area contributed by atoms with Crippen LogP contribution in [0.1, 0.15) is 35.2 Å². The summed E-state index contributed by atoms with van der Waals surface area (Å²) in [5.74, 6) is 1.01. The van der Waals surface area contributed by atoms with Gasteiger partial charge in [-0.05, 0) is 24.5 Å². The quantitative estimate of drug-likeness (QED) is 0.928. The van der Waals surface area contributed by atoms with E-state index in [1.165, 1.54) is 18.4 Å². The number of aromatic nitrogens is 1. The van der Waals surface area contributed by atoms with Gasteiger partial charge in [-0.25, -0.2) is 4.98 Å². The number of hydrogen-bond donors (Lipinski definition) is 1. The molecule has 0 saturated heterocycles. The van der Waals surface area contributed by atoms with Crippen LogP contribution in [0.2, 0.25) is 0 Å². The van der Waals surface area contributed by atoms with E-state index < -0.39 is 0 Å². The lowest BCUT2D eigenvalue weighted by molar-refractivity contribution is 0.238. The predicted molar refractivity (Wildman–Crippen MR) is 75.5 cm³/mol. The molecular formula is C15H16N2OS. The lowest BCUT2D eigenvalue weighted by atomic mass is 10.1. The molecule has 0 radical (unpaired) electrons. The van der Waals surface area contributed by atoms with Crippen molar-refractivity contribution < 1.29 is 4.74 Å². The van der Waals surface area contributed by atoms with Crippen molar-refractivity contribution in [2.75, 3.05) is 0 Å². The average molecular weight is 272 g/mol. The Hall–Kier alpha value is -1.39. The van der Waals surface area contributed by atoms with Gasteiger partial charge in [0, 0.05) is 24.4 Å². The maximum absolute atomic E-state index is 5.97. The van der Waals surface area contributed by atoms with Gasteiger partial charge in [0.05, 0.1) is 5.69 Å². The first kappa shape index (κ1) is 11.4. The minimum absolute atomic E-state index is 0.108. The number of thiazole rings is 1. The molecule has 0 amide bonds. The van der Waals surface area contributed by atoms with E-state index in [1.807, 2.05) is 12.1 Å². The smallest absolute Gasteiger partial charge is 0.154 e. The first-order valence-electron chi connectivity index (χ1n) is 6.81. The van der Waals surface area contributed by atoms with Crippen molar-refractivity contribution in [3.05, 3.63) is 45.9 Å². The number of rotatable bonds is 4. The fraction of sp³-hybridized carbons (Fsp3) is 0.400. The highest BCUT2D eigenvalue weighted by Gasteiger charge is 2.26. The second kappa shape index (κ2) is 4.62. The number of fused-ring (bicyclic) bond motifs is 1. The number of nitrogens with one attached hydrogen (secondary N) is 1. The number of ether oxygens (including phenoxy) is 1. The molecule has 3 nitrogen and oxygen atoms in total. The summed E-state index contributed by atoms with van der Waals surface area (Å²) in [4.78, 5) is 4.71. The third kappa shape index (κ3) is 2.38. The van der Waals surface area contributed by atoms with Gasteiger partial charge in [0.1, 0.15) is 10.8 Å². The van der Waals surface area contributed by atoms with Crippen LogP contribution in [0, 0.1) is 0 Å². The molecular weight excluding hydrogens is 256 g/mol. The summed E-state index contributed by atoms with van der Waals surface area (Å²) in [6, 6.07) is 9.00. The summed E-state index contributed by atoms with van der Waals surface area (Å²) in [7, 11) is 0. The SMILES string of the molecule is c1ccc2c(c1)CC(c1nc(CNC3CC3)cs1)O2. The number of benzene rings is 1. The Bertz CT molecular complexity index is 566. The first-order valence-corrected chi connectivity index (χ1v) is 7.69. The molecule has 19 heavy (non-hydrogen) atoms. The van der Waals surface area contributed by atoms with E-state index in [0.717, 1.165) is 35.5 Å². The molecule has 4 rings (SSSR count). The molecule has 1 aromatic heterocycles. The van der Waals surface area contributed by atoms with Crippen LogP contribution >= 0.6 is 11.3 Å².